The maximum absolute atomic E-state index is 2.42. The van der Waals surface area contributed by atoms with Crippen LogP contribution in [-0.4, -0.2) is 6.71 Å². The van der Waals surface area contributed by atoms with Crippen LogP contribution in [0.4, 0.5) is 0 Å². The Balaban J connectivity index is 2.70. The van der Waals surface area contributed by atoms with Crippen molar-refractivity contribution >= 4 is 17.6 Å². The number of allylic oxidation sites excluding steroid dienone is 5. The van der Waals surface area contributed by atoms with Gasteiger partial charge in [0.25, 0.3) is 0 Å². The maximum atomic E-state index is 2.42. The average Bonchev–Trinajstić information content (AvgIpc) is 2.53. The predicted molar refractivity (Wildman–Crippen MR) is 119 cm³/mol. The Kier molecular flexibility index (Phi) is 6.86. The Bertz CT molecular complexity index is 822. The molecule has 0 aromatic heterocycles. The molecule has 0 saturated carbocycles. The highest BCUT2D eigenvalue weighted by Crippen LogP contribution is 2.13. The van der Waals surface area contributed by atoms with Crippen LogP contribution in [0.1, 0.15) is 41.7 Å². The fraction of sp³-hybridized carbons (Fsp3) is 0.280. The van der Waals surface area contributed by atoms with Crippen molar-refractivity contribution in [1.82, 2.24) is 0 Å². The molecule has 0 aliphatic carbocycles. The summed E-state index contributed by atoms with van der Waals surface area (Å²) in [6.07, 6.45) is 8.44. The third-order valence-corrected chi connectivity index (χ3v) is 4.99. The summed E-state index contributed by atoms with van der Waals surface area (Å²) in [7, 11) is 0. The van der Waals surface area contributed by atoms with E-state index in [4.69, 9.17) is 0 Å². The zero-order valence-electron chi connectivity index (χ0n) is 17.4. The van der Waals surface area contributed by atoms with Gasteiger partial charge in [0.15, 0.2) is 0 Å². The van der Waals surface area contributed by atoms with E-state index in [1.165, 1.54) is 44.3 Å². The lowest BCUT2D eigenvalue weighted by Gasteiger charge is -2.21. The summed E-state index contributed by atoms with van der Waals surface area (Å²) < 4.78 is 0. The Morgan fingerprint density at radius 2 is 1.35 bits per heavy atom. The summed E-state index contributed by atoms with van der Waals surface area (Å²) >= 11 is 0. The van der Waals surface area contributed by atoms with Crippen molar-refractivity contribution in [2.75, 3.05) is 0 Å². The van der Waals surface area contributed by atoms with E-state index in [-0.39, 0.29) is 6.71 Å². The van der Waals surface area contributed by atoms with Crippen molar-refractivity contribution in [2.24, 2.45) is 0 Å². The summed E-state index contributed by atoms with van der Waals surface area (Å²) in [5.74, 6) is 2.42. The fourth-order valence-corrected chi connectivity index (χ4v) is 3.95. The molecule has 0 aliphatic heterocycles. The van der Waals surface area contributed by atoms with Gasteiger partial charge in [0.1, 0.15) is 0 Å². The topological polar surface area (TPSA) is 0 Å². The van der Waals surface area contributed by atoms with Crippen molar-refractivity contribution in [3.8, 4) is 0 Å². The number of hydrogen-bond acceptors (Lipinski definition) is 0. The van der Waals surface area contributed by atoms with Crippen molar-refractivity contribution in [3.05, 3.63) is 94.0 Å². The molecule has 0 atom stereocenters. The Morgan fingerprint density at radius 3 is 1.88 bits per heavy atom. The highest BCUT2D eigenvalue weighted by molar-refractivity contribution is 6.90. The minimum Gasteiger partial charge on any atom is -0.102 e. The molecule has 0 nitrogen and oxygen atoms in total. The fourth-order valence-electron chi connectivity index (χ4n) is 3.95. The van der Waals surface area contributed by atoms with Crippen molar-refractivity contribution in [1.29, 1.82) is 0 Å². The molecule has 0 spiro atoms. The van der Waals surface area contributed by atoms with Gasteiger partial charge >= 0.3 is 0 Å². The smallest absolute Gasteiger partial charge is 0.102 e. The van der Waals surface area contributed by atoms with Crippen LogP contribution in [0.2, 0.25) is 0 Å². The molecule has 0 saturated heterocycles. The second-order valence-electron chi connectivity index (χ2n) is 7.39. The van der Waals surface area contributed by atoms with E-state index in [0.717, 1.165) is 0 Å². The van der Waals surface area contributed by atoms with Gasteiger partial charge in [-0.15, -0.1) is 5.98 Å². The van der Waals surface area contributed by atoms with Gasteiger partial charge in [-0.2, -0.15) is 0 Å². The minimum absolute atomic E-state index is 0.270. The van der Waals surface area contributed by atoms with Gasteiger partial charge in [0, 0.05) is 0 Å². The lowest BCUT2D eigenvalue weighted by molar-refractivity contribution is 1.35. The predicted octanol–water partition coefficient (Wildman–Crippen LogP) is 5.46. The zero-order valence-corrected chi connectivity index (χ0v) is 17.4. The SMILES string of the molecule is C/C=C/C=C\C(C)=C\B(c1c(C)cccc1C)c1c(C)cc(C)cc1C. The third-order valence-electron chi connectivity index (χ3n) is 4.99. The highest BCUT2D eigenvalue weighted by atomic mass is 14.1. The van der Waals surface area contributed by atoms with E-state index in [2.05, 4.69) is 102 Å². The van der Waals surface area contributed by atoms with Gasteiger partial charge in [-0.3, -0.25) is 0 Å². The second kappa shape index (κ2) is 8.89. The molecule has 0 N–H and O–H groups in total. The zero-order chi connectivity index (χ0) is 19.3. The maximum Gasteiger partial charge on any atom is 0.235 e. The number of benzene rings is 2. The summed E-state index contributed by atoms with van der Waals surface area (Å²) in [6, 6.07) is 11.2. The van der Waals surface area contributed by atoms with E-state index in [1.807, 2.05) is 6.92 Å². The Hall–Kier alpha value is -2.28. The van der Waals surface area contributed by atoms with Gasteiger partial charge in [-0.1, -0.05) is 99.0 Å². The largest absolute Gasteiger partial charge is 0.235 e. The van der Waals surface area contributed by atoms with Crippen LogP contribution in [0, 0.1) is 34.6 Å². The minimum atomic E-state index is 0.270. The first kappa shape index (κ1) is 20.0. The summed E-state index contributed by atoms with van der Waals surface area (Å²) in [5, 5.41) is 0. The summed E-state index contributed by atoms with van der Waals surface area (Å²) in [5.41, 5.74) is 10.9. The molecule has 26 heavy (non-hydrogen) atoms. The second-order valence-corrected chi connectivity index (χ2v) is 7.39. The molecule has 0 aliphatic rings. The van der Waals surface area contributed by atoms with Crippen LogP contribution < -0.4 is 10.9 Å². The molecule has 2 aromatic rings. The Labute approximate surface area is 160 Å². The molecule has 1 heteroatoms. The molecule has 0 fully saturated rings. The van der Waals surface area contributed by atoms with E-state index in [0.29, 0.717) is 0 Å². The molecule has 0 unspecified atom stereocenters. The molecule has 0 amide bonds. The number of aryl methyl sites for hydroxylation is 5. The van der Waals surface area contributed by atoms with Gasteiger partial charge in [0.05, 0.1) is 0 Å². The number of hydrogen-bond donors (Lipinski definition) is 0. The number of rotatable bonds is 5. The first-order valence-corrected chi connectivity index (χ1v) is 9.46. The lowest BCUT2D eigenvalue weighted by atomic mass is 9.37. The Morgan fingerprint density at radius 1 is 0.808 bits per heavy atom. The van der Waals surface area contributed by atoms with E-state index in [1.54, 1.807) is 0 Å². The van der Waals surface area contributed by atoms with Gasteiger partial charge in [-0.05, 0) is 48.5 Å². The quantitative estimate of drug-likeness (QED) is 0.500. The van der Waals surface area contributed by atoms with Gasteiger partial charge in [-0.25, -0.2) is 0 Å². The summed E-state index contributed by atoms with van der Waals surface area (Å²) in [4.78, 5) is 0. The first-order valence-electron chi connectivity index (χ1n) is 9.46. The standard InChI is InChI=1S/C25H31B/c1-8-9-10-12-18(2)17-26(24-20(4)13-11-14-21(24)5)25-22(6)15-19(3)16-23(25)7/h8-17H,1-7H3/b9-8+,12-10-,18-17+. The summed E-state index contributed by atoms with van der Waals surface area (Å²) in [6.45, 7) is 15.6. The van der Waals surface area contributed by atoms with Gasteiger partial charge < -0.3 is 0 Å². The molecule has 2 rings (SSSR count). The molecule has 2 aromatic carbocycles. The highest BCUT2D eigenvalue weighted by Gasteiger charge is 2.24. The lowest BCUT2D eigenvalue weighted by Crippen LogP contribution is -2.46. The molecule has 0 bridgehead atoms. The average molecular weight is 342 g/mol. The van der Waals surface area contributed by atoms with Crippen LogP contribution >= 0.6 is 0 Å². The van der Waals surface area contributed by atoms with Crippen LogP contribution in [-0.2, 0) is 0 Å². The molecule has 0 radical (unpaired) electrons. The normalized spacial score (nSPS) is 12.3. The van der Waals surface area contributed by atoms with Crippen LogP contribution in [0.25, 0.3) is 0 Å². The molecule has 134 valence electrons. The molecule has 0 heterocycles. The molecular weight excluding hydrogens is 311 g/mol. The monoisotopic (exact) mass is 342 g/mol. The van der Waals surface area contributed by atoms with Gasteiger partial charge in [0.2, 0.25) is 6.71 Å². The van der Waals surface area contributed by atoms with Crippen molar-refractivity contribution < 1.29 is 0 Å². The van der Waals surface area contributed by atoms with Crippen LogP contribution in [0.15, 0.2) is 66.2 Å². The van der Waals surface area contributed by atoms with Crippen LogP contribution in [0.5, 0.6) is 0 Å². The van der Waals surface area contributed by atoms with E-state index < -0.39 is 0 Å². The van der Waals surface area contributed by atoms with Crippen molar-refractivity contribution in [2.45, 2.75) is 48.5 Å². The first-order chi connectivity index (χ1) is 12.3. The molecular formula is C25H31B. The third kappa shape index (κ3) is 4.66. The van der Waals surface area contributed by atoms with Crippen LogP contribution in [0.3, 0.4) is 0 Å². The van der Waals surface area contributed by atoms with E-state index in [9.17, 15) is 0 Å². The van der Waals surface area contributed by atoms with Crippen molar-refractivity contribution in [3.63, 3.8) is 0 Å². The van der Waals surface area contributed by atoms with E-state index >= 15 is 0 Å².